The molecule has 2 aliphatic heterocycles. The second-order valence-corrected chi connectivity index (χ2v) is 6.20. The number of methoxy groups -OCH3 is 1. The maximum absolute atomic E-state index is 12.3. The fraction of sp³-hybridized carbons (Fsp3) is 0.529. The highest BCUT2D eigenvalue weighted by atomic mass is 16.5. The van der Waals surface area contributed by atoms with Gasteiger partial charge in [-0.05, 0) is 36.9 Å². The van der Waals surface area contributed by atoms with E-state index in [0.29, 0.717) is 32.0 Å². The summed E-state index contributed by atoms with van der Waals surface area (Å²) in [6.45, 7) is 2.56. The minimum Gasteiger partial charge on any atom is -0.496 e. The lowest BCUT2D eigenvalue weighted by molar-refractivity contribution is -0.137. The normalized spacial score (nSPS) is 23.5. The number of fused-ring (bicyclic) bond motifs is 2. The molecule has 2 unspecified atom stereocenters. The monoisotopic (exact) mass is 317 g/mol. The zero-order valence-electron chi connectivity index (χ0n) is 13.4. The Balaban J connectivity index is 1.54. The number of likely N-dealkylation sites (tertiary alicyclic amines) is 1. The van der Waals surface area contributed by atoms with E-state index in [1.54, 1.807) is 7.11 Å². The van der Waals surface area contributed by atoms with E-state index in [4.69, 9.17) is 4.74 Å². The first-order valence-corrected chi connectivity index (χ1v) is 8.11. The van der Waals surface area contributed by atoms with Crippen LogP contribution in [0.1, 0.15) is 12.0 Å². The molecule has 1 aromatic rings. The van der Waals surface area contributed by atoms with Crippen molar-refractivity contribution in [2.24, 2.45) is 11.8 Å². The van der Waals surface area contributed by atoms with Gasteiger partial charge < -0.3 is 15.4 Å². The average Bonchev–Trinajstić information content (AvgIpc) is 2.58. The molecule has 124 valence electrons. The Labute approximate surface area is 136 Å². The number of nitrogens with zero attached hydrogens (tertiary/aromatic N) is 1. The maximum Gasteiger partial charge on any atom is 0.324 e. The number of hydrogen-bond acceptors (Lipinski definition) is 4. The van der Waals surface area contributed by atoms with E-state index in [1.165, 1.54) is 4.90 Å². The molecular formula is C17H23N3O3. The predicted molar refractivity (Wildman–Crippen MR) is 86.3 cm³/mol. The summed E-state index contributed by atoms with van der Waals surface area (Å²) >= 11 is 0. The van der Waals surface area contributed by atoms with Crippen LogP contribution in [0.15, 0.2) is 24.3 Å². The highest BCUT2D eigenvalue weighted by Gasteiger charge is 2.39. The molecule has 0 saturated carbocycles. The Hall–Kier alpha value is -2.08. The Morgan fingerprint density at radius 1 is 1.39 bits per heavy atom. The topological polar surface area (TPSA) is 70.7 Å². The third-order valence-electron chi connectivity index (χ3n) is 4.61. The van der Waals surface area contributed by atoms with Crippen LogP contribution in [0.2, 0.25) is 0 Å². The van der Waals surface area contributed by atoms with Gasteiger partial charge in [-0.25, -0.2) is 4.79 Å². The molecule has 2 atom stereocenters. The van der Waals surface area contributed by atoms with E-state index < -0.39 is 0 Å². The van der Waals surface area contributed by atoms with Crippen molar-refractivity contribution in [3.63, 3.8) is 0 Å². The molecule has 2 aliphatic rings. The van der Waals surface area contributed by atoms with Crippen LogP contribution in [0.3, 0.4) is 0 Å². The molecule has 2 fully saturated rings. The van der Waals surface area contributed by atoms with Crippen LogP contribution in [-0.4, -0.2) is 50.1 Å². The lowest BCUT2D eigenvalue weighted by atomic mass is 9.85. The van der Waals surface area contributed by atoms with Gasteiger partial charge >= 0.3 is 6.03 Å². The minimum atomic E-state index is -0.276. The molecule has 3 amide bonds. The predicted octanol–water partition coefficient (Wildman–Crippen LogP) is 1.02. The Morgan fingerprint density at radius 2 is 2.22 bits per heavy atom. The Morgan fingerprint density at radius 3 is 3.04 bits per heavy atom. The number of urea groups is 1. The molecule has 0 spiro atoms. The van der Waals surface area contributed by atoms with Crippen molar-refractivity contribution in [1.29, 1.82) is 0 Å². The van der Waals surface area contributed by atoms with Gasteiger partial charge in [-0.2, -0.15) is 0 Å². The zero-order valence-corrected chi connectivity index (χ0v) is 13.4. The van der Waals surface area contributed by atoms with Crippen LogP contribution >= 0.6 is 0 Å². The summed E-state index contributed by atoms with van der Waals surface area (Å²) in [6.07, 6.45) is 1.57. The van der Waals surface area contributed by atoms with E-state index in [1.807, 2.05) is 24.3 Å². The molecule has 0 radical (unpaired) electrons. The number of rotatable bonds is 4. The van der Waals surface area contributed by atoms with Gasteiger partial charge in [-0.3, -0.25) is 9.69 Å². The van der Waals surface area contributed by atoms with Crippen molar-refractivity contribution in [3.05, 3.63) is 29.8 Å². The van der Waals surface area contributed by atoms with E-state index >= 15 is 0 Å². The molecule has 6 heteroatoms. The maximum atomic E-state index is 12.3. The summed E-state index contributed by atoms with van der Waals surface area (Å²) in [4.78, 5) is 26.0. The Bertz CT molecular complexity index is 590. The fourth-order valence-corrected chi connectivity index (χ4v) is 3.42. The molecule has 1 aromatic carbocycles. The zero-order chi connectivity index (χ0) is 16.2. The van der Waals surface area contributed by atoms with Gasteiger partial charge in [0, 0.05) is 19.6 Å². The average molecular weight is 317 g/mol. The molecule has 6 nitrogen and oxygen atoms in total. The lowest BCUT2D eigenvalue weighted by Crippen LogP contribution is -2.58. The molecule has 23 heavy (non-hydrogen) atoms. The number of hydrogen-bond donors (Lipinski definition) is 2. The van der Waals surface area contributed by atoms with Crippen LogP contribution in [0.25, 0.3) is 0 Å². The summed E-state index contributed by atoms with van der Waals surface area (Å²) in [5, 5.41) is 6.12. The van der Waals surface area contributed by atoms with Gasteiger partial charge in [0.1, 0.15) is 5.75 Å². The number of ether oxygens (including phenoxy) is 1. The summed E-state index contributed by atoms with van der Waals surface area (Å²) < 4.78 is 5.30. The largest absolute Gasteiger partial charge is 0.496 e. The smallest absolute Gasteiger partial charge is 0.324 e. The van der Waals surface area contributed by atoms with E-state index in [2.05, 4.69) is 10.6 Å². The van der Waals surface area contributed by atoms with Gasteiger partial charge in [-0.1, -0.05) is 18.2 Å². The van der Waals surface area contributed by atoms with Gasteiger partial charge in [0.2, 0.25) is 5.91 Å². The summed E-state index contributed by atoms with van der Waals surface area (Å²) in [5.41, 5.74) is 1.04. The standard InChI is InChI=1S/C17H23N3O3/c1-23-15-5-3-2-4-13(15)6-7-19-17(22)20-11-12-8-14(16(20)21)10-18-9-12/h2-5,12,14,18H,6-11H2,1H3,(H,19,22). The first-order chi connectivity index (χ1) is 11.2. The number of carbonyl (C=O) groups excluding carboxylic acids is 2. The fourth-order valence-electron chi connectivity index (χ4n) is 3.42. The highest BCUT2D eigenvalue weighted by molar-refractivity contribution is 5.96. The number of carbonyl (C=O) groups is 2. The van der Waals surface area contributed by atoms with Crippen LogP contribution < -0.4 is 15.4 Å². The third kappa shape index (κ3) is 3.47. The minimum absolute atomic E-state index is 0.0526. The van der Waals surface area contributed by atoms with Crippen molar-refractivity contribution in [1.82, 2.24) is 15.5 Å². The first-order valence-electron chi connectivity index (χ1n) is 8.11. The molecule has 0 aromatic heterocycles. The van der Waals surface area contributed by atoms with Crippen LogP contribution in [0, 0.1) is 11.8 Å². The van der Waals surface area contributed by atoms with Crippen molar-refractivity contribution in [2.75, 3.05) is 33.3 Å². The Kier molecular flexibility index (Phi) is 4.81. The number of para-hydroxylation sites is 1. The number of nitrogens with one attached hydrogen (secondary N) is 2. The van der Waals surface area contributed by atoms with Gasteiger partial charge in [0.15, 0.2) is 0 Å². The molecule has 2 N–H and O–H groups in total. The van der Waals surface area contributed by atoms with Crippen molar-refractivity contribution in [2.45, 2.75) is 12.8 Å². The number of amides is 3. The van der Waals surface area contributed by atoms with Crippen LogP contribution in [0.5, 0.6) is 5.75 Å². The lowest BCUT2D eigenvalue weighted by Gasteiger charge is -2.39. The summed E-state index contributed by atoms with van der Waals surface area (Å²) in [7, 11) is 1.64. The van der Waals surface area contributed by atoms with Gasteiger partial charge in [0.05, 0.1) is 13.0 Å². The summed E-state index contributed by atoms with van der Waals surface area (Å²) in [6, 6.07) is 7.47. The van der Waals surface area contributed by atoms with Gasteiger partial charge in [-0.15, -0.1) is 0 Å². The van der Waals surface area contributed by atoms with Crippen LogP contribution in [-0.2, 0) is 11.2 Å². The molecule has 0 aliphatic carbocycles. The highest BCUT2D eigenvalue weighted by Crippen LogP contribution is 2.25. The second-order valence-electron chi connectivity index (χ2n) is 6.20. The first kappa shape index (κ1) is 15.8. The molecular weight excluding hydrogens is 294 g/mol. The number of benzene rings is 1. The quantitative estimate of drug-likeness (QED) is 0.870. The third-order valence-corrected chi connectivity index (χ3v) is 4.61. The molecule has 2 heterocycles. The van der Waals surface area contributed by atoms with Crippen molar-refractivity contribution in [3.8, 4) is 5.75 Å². The molecule has 2 saturated heterocycles. The SMILES string of the molecule is COc1ccccc1CCNC(=O)N1CC2CNCC(C2)C1=O. The molecule has 3 rings (SSSR count). The molecule has 2 bridgehead atoms. The van der Waals surface area contributed by atoms with E-state index in [-0.39, 0.29) is 17.9 Å². The second kappa shape index (κ2) is 7.00. The summed E-state index contributed by atoms with van der Waals surface area (Å²) in [5.74, 6) is 1.09. The van der Waals surface area contributed by atoms with Crippen molar-refractivity contribution >= 4 is 11.9 Å². The van der Waals surface area contributed by atoms with Gasteiger partial charge in [0.25, 0.3) is 0 Å². The van der Waals surface area contributed by atoms with Crippen molar-refractivity contribution < 1.29 is 14.3 Å². The number of imide groups is 1. The van der Waals surface area contributed by atoms with E-state index in [0.717, 1.165) is 24.3 Å². The number of piperidine rings is 2. The van der Waals surface area contributed by atoms with Crippen LogP contribution in [0.4, 0.5) is 4.79 Å². The van der Waals surface area contributed by atoms with E-state index in [9.17, 15) is 9.59 Å².